The van der Waals surface area contributed by atoms with Crippen LogP contribution in [0.15, 0.2) is 185 Å². The van der Waals surface area contributed by atoms with Crippen molar-refractivity contribution >= 4 is 136 Å². The maximum Gasteiger partial charge on any atom is 0.229 e. The first-order chi connectivity index (χ1) is 65.9. The van der Waals surface area contributed by atoms with Gasteiger partial charge in [-0.25, -0.2) is 48.7 Å². The van der Waals surface area contributed by atoms with Crippen LogP contribution in [0.4, 0.5) is 101 Å². The van der Waals surface area contributed by atoms with Gasteiger partial charge in [0, 0.05) is 98.0 Å². The number of nitrogens with one attached hydrogen (secondary N) is 4. The zero-order valence-electron chi connectivity index (χ0n) is 78.0. The van der Waals surface area contributed by atoms with E-state index >= 15 is 0 Å². The van der Waals surface area contributed by atoms with Gasteiger partial charge in [-0.05, 0) is 275 Å². The zero-order valence-corrected chi connectivity index (χ0v) is 78.0. The van der Waals surface area contributed by atoms with Gasteiger partial charge in [0.2, 0.25) is 23.8 Å². The molecule has 32 rings (SSSR count). The van der Waals surface area contributed by atoms with Crippen LogP contribution in [0.5, 0.6) is 0 Å². The van der Waals surface area contributed by atoms with Crippen LogP contribution >= 0.6 is 0 Å². The van der Waals surface area contributed by atoms with Crippen LogP contribution < -0.4 is 60.5 Å². The molecule has 16 bridgehead atoms. The zero-order chi connectivity index (χ0) is 93.7. The maximum absolute atomic E-state index is 14.8. The lowest BCUT2D eigenvalue weighted by atomic mass is 9.47. The number of aliphatic hydroxyl groups is 3. The number of hydrogen-bond donors (Lipinski definition) is 7. The Kier molecular flexibility index (Phi) is 19.0. The second kappa shape index (κ2) is 30.5. The summed E-state index contributed by atoms with van der Waals surface area (Å²) >= 11 is 0. The Morgan fingerprint density at radius 1 is 0.358 bits per heavy atom. The molecule has 698 valence electrons. The number of halogens is 2. The minimum absolute atomic E-state index is 0.0990. The Morgan fingerprint density at radius 2 is 0.642 bits per heavy atom. The molecule has 0 spiro atoms. The molecule has 30 nitrogen and oxygen atoms in total. The minimum atomic E-state index is -0.601. The van der Waals surface area contributed by atoms with Crippen LogP contribution in [0, 0.1) is 89.6 Å². The van der Waals surface area contributed by atoms with Crippen molar-refractivity contribution in [2.24, 2.45) is 52.8 Å². The van der Waals surface area contributed by atoms with Gasteiger partial charge in [-0.15, -0.1) is 0 Å². The van der Waals surface area contributed by atoms with E-state index in [0.717, 1.165) is 253 Å². The van der Waals surface area contributed by atoms with E-state index in [1.807, 2.05) is 93.1 Å². The summed E-state index contributed by atoms with van der Waals surface area (Å²) in [7, 11) is 8.01. The molecule has 4 aliphatic heterocycles. The molecule has 8 atom stereocenters. The summed E-state index contributed by atoms with van der Waals surface area (Å²) in [6.07, 6.45) is 41.4. The van der Waals surface area contributed by atoms with Gasteiger partial charge in [-0.3, -0.25) is 9.97 Å². The number of aromatic nitrogens is 14. The second-order valence-corrected chi connectivity index (χ2v) is 43.7. The summed E-state index contributed by atoms with van der Waals surface area (Å²) in [5, 5.41) is 60.8. The van der Waals surface area contributed by atoms with Crippen molar-refractivity contribution in [3.8, 4) is 6.07 Å². The monoisotopic (exact) mass is 1840 g/mol. The Bertz CT molecular complexity index is 6640. The van der Waals surface area contributed by atoms with Crippen molar-refractivity contribution in [2.45, 2.75) is 207 Å². The number of fused-ring (bicyclic) bond motifs is 8. The van der Waals surface area contributed by atoms with Gasteiger partial charge in [0.05, 0.1) is 109 Å². The quantitative estimate of drug-likeness (QED) is 0.0597. The summed E-state index contributed by atoms with van der Waals surface area (Å²) in [5.74, 6) is 12.3. The van der Waals surface area contributed by atoms with Gasteiger partial charge in [0.15, 0.2) is 23.3 Å². The molecule has 20 aliphatic rings. The molecule has 0 saturated heterocycles. The fourth-order valence-electron chi connectivity index (χ4n) is 30.2. The molecule has 16 fully saturated rings. The molecule has 0 radical (unpaired) electrons. The molecule has 32 heteroatoms. The van der Waals surface area contributed by atoms with E-state index < -0.39 is 28.4 Å². The molecule has 0 amide bonds. The van der Waals surface area contributed by atoms with Crippen molar-refractivity contribution < 1.29 is 24.1 Å². The largest absolute Gasteiger partial charge is 0.390 e. The standard InChI is InChI=1S/C27H28N8.C27H30N6O.C26H27FN6O.C25H26FN7O/c1-16-4-22-20(11-29-15-31-22)6-21(16)32-25-30-12-23-24(33-25)35(17(2)34(23)3)27-9-18-5-19(10-27)8-26(7-18,13-27)14-28;1-16-7-22-20(5-4-6-28-22)9-21(16)30-25-29-14-23-24(31-25)33(17(2)32(23)3)26-10-18-8-19(11-26)13-27(34,12-18)15-26;1-15-32(2)22-13-29-24(30-21-7-18-4-3-5-28-20(18)8-19(21)27)31-23(22)33(15)25-9-16-6-17(10-25)12-26(34,11-16)14-25;1-14-32(2)21-11-28-23(30-20-4-17-10-27-13-29-19(17)5-18(20)26)31-22(21)33(14)24-6-15-3-16(7-24)9-25(34,8-15)12-24/h4,6,11-12,15,18-19H,2,5,7-10,13H2,1,3H3,(H,30,32,33);4-7,9,14,18-19,34H,2,8,10-13,15H2,1,3H3,(H,29,30,31);3-5,7-8,13,16-17,34H,1,6,9-12,14H2,2H3,(H,29,30,31);4-5,10-11,13,15-16,34H,1,3,6-9,12H2,2H3,(H,28,30,31). The third-order valence-corrected chi connectivity index (χ3v) is 34.1. The van der Waals surface area contributed by atoms with Crippen LogP contribution in [0.3, 0.4) is 0 Å². The number of nitrogens with zero attached hydrogens (tertiary/aromatic N) is 23. The number of pyridine rings is 2. The van der Waals surface area contributed by atoms with Crippen molar-refractivity contribution in [3.63, 3.8) is 0 Å². The summed E-state index contributed by atoms with van der Waals surface area (Å²) in [4.78, 5) is 80.8. The average molecular weight is 1840 g/mol. The van der Waals surface area contributed by atoms with E-state index in [9.17, 15) is 29.4 Å². The lowest BCUT2D eigenvalue weighted by molar-refractivity contribution is -0.133. The van der Waals surface area contributed by atoms with E-state index in [-0.39, 0.29) is 33.3 Å². The van der Waals surface area contributed by atoms with Gasteiger partial charge >= 0.3 is 0 Å². The van der Waals surface area contributed by atoms with Gasteiger partial charge < -0.3 is 75.8 Å². The van der Waals surface area contributed by atoms with Crippen molar-refractivity contribution in [1.82, 2.24) is 69.8 Å². The summed E-state index contributed by atoms with van der Waals surface area (Å²) in [6, 6.07) is 25.0. The fourth-order valence-corrected chi connectivity index (χ4v) is 30.2. The second-order valence-electron chi connectivity index (χ2n) is 43.7. The van der Waals surface area contributed by atoms with Crippen LogP contribution in [0.2, 0.25) is 0 Å². The molecule has 7 N–H and O–H groups in total. The summed E-state index contributed by atoms with van der Waals surface area (Å²) in [5.41, 5.74) is 8.78. The van der Waals surface area contributed by atoms with Crippen molar-refractivity contribution in [3.05, 3.63) is 207 Å². The summed E-state index contributed by atoms with van der Waals surface area (Å²) < 4.78 is 29.6. The van der Waals surface area contributed by atoms with Crippen LogP contribution in [-0.2, 0) is 0 Å². The Hall–Kier alpha value is -13.5. The predicted octanol–water partition coefficient (Wildman–Crippen LogP) is 18.8. The molecule has 12 aromatic rings. The highest BCUT2D eigenvalue weighted by atomic mass is 19.1. The molecule has 8 unspecified atom stereocenters. The maximum atomic E-state index is 14.8. The normalized spacial score (nSPS) is 31.2. The molecular weight excluding hydrogens is 1730 g/mol. The number of hydrogen-bond acceptors (Lipinski definition) is 30. The first-order valence-corrected chi connectivity index (χ1v) is 48.4. The highest BCUT2D eigenvalue weighted by Gasteiger charge is 2.67. The Balaban J connectivity index is 0.0000000970. The van der Waals surface area contributed by atoms with Gasteiger partial charge in [0.25, 0.3) is 0 Å². The van der Waals surface area contributed by atoms with Crippen LogP contribution in [0.1, 0.15) is 165 Å². The van der Waals surface area contributed by atoms with E-state index in [0.29, 0.717) is 87.9 Å². The third kappa shape index (κ3) is 13.9. The SMILES string of the molecule is C=C1N(C)c2cnc(Nc3cc4cccnc4cc3C)nc2N1C12CC3CC(CC(O)(C3)C1)C2.C=C1N(C)c2cnc(Nc3cc4cccnc4cc3F)nc2N1C12CC3CC(CC(O)(C3)C1)C2.C=C1N(C)c2cnc(Nc3cc4cncnc4cc3C)nc2N1C12CC3CC(CC(C#N)(C3)C1)C2.C=C1N(C)c2cnc(Nc3cc4cncnc4cc3F)nc2N1C12CC3CC(CC(O)(C3)C1)C2. The van der Waals surface area contributed by atoms with Crippen LogP contribution in [-0.4, -0.2) is 152 Å². The smallest absolute Gasteiger partial charge is 0.229 e. The molecule has 137 heavy (non-hydrogen) atoms. The minimum Gasteiger partial charge on any atom is -0.390 e. The van der Waals surface area contributed by atoms with Crippen molar-refractivity contribution in [1.29, 1.82) is 5.26 Å². The average Bonchev–Trinajstić information content (AvgIpc) is 1.64. The third-order valence-electron chi connectivity index (χ3n) is 34.1. The summed E-state index contributed by atoms with van der Waals surface area (Å²) in [6.45, 7) is 21.8. The topological polar surface area (TPSA) is 339 Å². The molecule has 4 aromatic carbocycles. The van der Waals surface area contributed by atoms with E-state index in [2.05, 4.69) is 165 Å². The molecular formula is C105H111F2N27O3. The lowest BCUT2D eigenvalue weighted by Crippen LogP contribution is -2.65. The first-order valence-electron chi connectivity index (χ1n) is 48.4. The van der Waals surface area contributed by atoms with E-state index in [4.69, 9.17) is 19.9 Å². The molecule has 8 aromatic heterocycles. The predicted molar refractivity (Wildman–Crippen MR) is 526 cm³/mol. The van der Waals surface area contributed by atoms with Gasteiger partial charge in [0.1, 0.15) is 70.3 Å². The van der Waals surface area contributed by atoms with E-state index in [1.54, 1.807) is 43.2 Å². The highest BCUT2D eigenvalue weighted by molar-refractivity contribution is 5.90. The fraction of sp³-hybridized carbons (Fsp3) is 0.438. The van der Waals surface area contributed by atoms with Gasteiger partial charge in [-0.2, -0.15) is 25.2 Å². The number of benzene rings is 4. The molecule has 16 aliphatic carbocycles. The molecule has 16 saturated carbocycles. The van der Waals surface area contributed by atoms with Crippen LogP contribution in [0.25, 0.3) is 43.6 Å². The van der Waals surface area contributed by atoms with E-state index in [1.165, 1.54) is 44.1 Å². The van der Waals surface area contributed by atoms with Gasteiger partial charge in [-0.1, -0.05) is 38.4 Å². The highest BCUT2D eigenvalue weighted by Crippen LogP contribution is 2.69. The molecule has 12 heterocycles. The Labute approximate surface area is 792 Å². The first kappa shape index (κ1) is 85.2. The number of anilines is 16. The number of aryl methyl sites for hydroxylation is 2. The van der Waals surface area contributed by atoms with Crippen molar-refractivity contribution in [2.75, 3.05) is 88.7 Å². The number of rotatable bonds is 12. The Morgan fingerprint density at radius 3 is 0.978 bits per heavy atom. The number of nitriles is 1. The lowest BCUT2D eigenvalue weighted by Gasteiger charge is -2.62.